The van der Waals surface area contributed by atoms with Crippen molar-refractivity contribution in [2.75, 3.05) is 19.6 Å². The Balaban J connectivity index is 1.55. The number of hydrogen-bond donors (Lipinski definition) is 2. The molecule has 5 heteroatoms. The Morgan fingerprint density at radius 3 is 2.52 bits per heavy atom. The third-order valence-electron chi connectivity index (χ3n) is 7.04. The molecule has 1 amide bonds. The number of carbonyl (C=O) groups excluding carboxylic acids is 1. The lowest BCUT2D eigenvalue weighted by Gasteiger charge is -2.34. The molecule has 0 radical (unpaired) electrons. The fourth-order valence-electron chi connectivity index (χ4n) is 5.25. The van der Waals surface area contributed by atoms with Gasteiger partial charge in [0.05, 0.1) is 6.10 Å². The van der Waals surface area contributed by atoms with Crippen molar-refractivity contribution in [1.29, 1.82) is 0 Å². The largest absolute Gasteiger partial charge is 0.391 e. The highest BCUT2D eigenvalue weighted by atomic mass is 16.3. The standard InChI is InChI=1S/C24H33N3O2/c1-26-15-7-10-21(26)23(29)25-18-24(19-8-3-2-4-9-19)13-11-20(22(28)12-14-24)27-16-5-6-17-27/h2-4,7-10,15,20,22,28H,5-6,11-14,16-18H2,1H3,(H,25,29)/t20-,22-,24-/m0/s1. The molecular formula is C24H33N3O2. The van der Waals surface area contributed by atoms with Gasteiger partial charge in [-0.25, -0.2) is 0 Å². The highest BCUT2D eigenvalue weighted by Crippen LogP contribution is 2.39. The second-order valence-corrected chi connectivity index (χ2v) is 8.79. The molecule has 1 aliphatic carbocycles. The SMILES string of the molecule is Cn1cccc1C(=O)NC[C@@]1(c2ccccc2)CC[C@H](O)[C@@H](N2CCCC2)CC1. The first-order chi connectivity index (χ1) is 14.1. The van der Waals surface area contributed by atoms with Crippen LogP contribution < -0.4 is 5.32 Å². The maximum absolute atomic E-state index is 12.8. The quantitative estimate of drug-likeness (QED) is 0.765. The van der Waals surface area contributed by atoms with Crippen LogP contribution in [0, 0.1) is 0 Å². The molecule has 1 aliphatic heterocycles. The summed E-state index contributed by atoms with van der Waals surface area (Å²) in [6, 6.07) is 14.5. The number of aryl methyl sites for hydroxylation is 1. The first kappa shape index (κ1) is 20.2. The number of carbonyl (C=O) groups is 1. The van der Waals surface area contributed by atoms with E-state index in [0.29, 0.717) is 12.2 Å². The Morgan fingerprint density at radius 1 is 1.10 bits per heavy atom. The topological polar surface area (TPSA) is 57.5 Å². The van der Waals surface area contributed by atoms with Crippen LogP contribution in [-0.2, 0) is 12.5 Å². The lowest BCUT2D eigenvalue weighted by molar-refractivity contribution is 0.0569. The van der Waals surface area contributed by atoms with E-state index in [-0.39, 0.29) is 23.5 Å². The zero-order valence-corrected chi connectivity index (χ0v) is 17.4. The minimum atomic E-state index is -0.290. The number of benzene rings is 1. The molecule has 3 atom stereocenters. The van der Waals surface area contributed by atoms with Crippen LogP contribution in [0.15, 0.2) is 48.7 Å². The number of amides is 1. The van der Waals surface area contributed by atoms with Gasteiger partial charge < -0.3 is 15.0 Å². The molecule has 1 aromatic carbocycles. The lowest BCUT2D eigenvalue weighted by Crippen LogP contribution is -2.42. The summed E-state index contributed by atoms with van der Waals surface area (Å²) >= 11 is 0. The van der Waals surface area contributed by atoms with Crippen LogP contribution in [0.1, 0.15) is 54.6 Å². The second-order valence-electron chi connectivity index (χ2n) is 8.79. The Bertz CT molecular complexity index is 813. The van der Waals surface area contributed by atoms with Gasteiger partial charge in [-0.1, -0.05) is 30.3 Å². The van der Waals surface area contributed by atoms with E-state index in [1.165, 1.54) is 18.4 Å². The van der Waals surface area contributed by atoms with Crippen LogP contribution in [0.3, 0.4) is 0 Å². The van der Waals surface area contributed by atoms with Crippen molar-refractivity contribution in [1.82, 2.24) is 14.8 Å². The summed E-state index contributed by atoms with van der Waals surface area (Å²) < 4.78 is 1.85. The summed E-state index contributed by atoms with van der Waals surface area (Å²) in [6.07, 6.45) is 7.68. The van der Waals surface area contributed by atoms with E-state index < -0.39 is 0 Å². The number of aliphatic hydroxyl groups excluding tert-OH is 1. The van der Waals surface area contributed by atoms with Crippen LogP contribution in [-0.4, -0.2) is 52.3 Å². The average Bonchev–Trinajstić information content (AvgIpc) is 3.39. The van der Waals surface area contributed by atoms with E-state index in [9.17, 15) is 9.90 Å². The minimum Gasteiger partial charge on any atom is -0.391 e. The van der Waals surface area contributed by atoms with Gasteiger partial charge in [-0.15, -0.1) is 0 Å². The number of likely N-dealkylation sites (tertiary alicyclic amines) is 1. The van der Waals surface area contributed by atoms with Crippen molar-refractivity contribution in [2.45, 2.75) is 56.1 Å². The maximum Gasteiger partial charge on any atom is 0.267 e. The van der Waals surface area contributed by atoms with Crippen molar-refractivity contribution in [3.63, 3.8) is 0 Å². The van der Waals surface area contributed by atoms with Gasteiger partial charge in [0.2, 0.25) is 0 Å². The van der Waals surface area contributed by atoms with Gasteiger partial charge in [-0.2, -0.15) is 0 Å². The molecule has 1 saturated carbocycles. The summed E-state index contributed by atoms with van der Waals surface area (Å²) in [5.41, 5.74) is 1.80. The average molecular weight is 396 g/mol. The molecule has 4 rings (SSSR count). The molecule has 2 heterocycles. The Hall–Kier alpha value is -2.11. The summed E-state index contributed by atoms with van der Waals surface area (Å²) in [6.45, 7) is 2.80. The zero-order chi connectivity index (χ0) is 20.3. The van der Waals surface area contributed by atoms with E-state index in [1.807, 2.05) is 36.0 Å². The Morgan fingerprint density at radius 2 is 1.83 bits per heavy atom. The fraction of sp³-hybridized carbons (Fsp3) is 0.542. The van der Waals surface area contributed by atoms with Gasteiger partial charge in [-0.05, 0) is 69.3 Å². The Kier molecular flexibility index (Phi) is 6.07. The highest BCUT2D eigenvalue weighted by molar-refractivity contribution is 5.92. The summed E-state index contributed by atoms with van der Waals surface area (Å²) in [5, 5.41) is 14.1. The van der Waals surface area contributed by atoms with Gasteiger partial charge in [0.1, 0.15) is 5.69 Å². The fourth-order valence-corrected chi connectivity index (χ4v) is 5.25. The normalized spacial score (nSPS) is 28.2. The van der Waals surface area contributed by atoms with Crippen molar-refractivity contribution in [2.24, 2.45) is 7.05 Å². The van der Waals surface area contributed by atoms with Crippen LogP contribution >= 0.6 is 0 Å². The number of rotatable bonds is 5. The molecule has 2 aliphatic rings. The van der Waals surface area contributed by atoms with Crippen molar-refractivity contribution in [3.8, 4) is 0 Å². The molecule has 1 saturated heterocycles. The van der Waals surface area contributed by atoms with E-state index in [2.05, 4.69) is 34.5 Å². The van der Waals surface area contributed by atoms with E-state index in [1.54, 1.807) is 0 Å². The van der Waals surface area contributed by atoms with E-state index in [4.69, 9.17) is 0 Å². The number of nitrogens with zero attached hydrogens (tertiary/aromatic N) is 2. The van der Waals surface area contributed by atoms with Crippen LogP contribution in [0.2, 0.25) is 0 Å². The first-order valence-electron chi connectivity index (χ1n) is 11.0. The smallest absolute Gasteiger partial charge is 0.267 e. The van der Waals surface area contributed by atoms with Gasteiger partial charge in [0.25, 0.3) is 5.91 Å². The van der Waals surface area contributed by atoms with Crippen LogP contribution in [0.25, 0.3) is 0 Å². The van der Waals surface area contributed by atoms with Crippen LogP contribution in [0.5, 0.6) is 0 Å². The number of nitrogens with one attached hydrogen (secondary N) is 1. The molecule has 2 aromatic rings. The summed E-state index contributed by atoms with van der Waals surface area (Å²) in [5.74, 6) is -0.0336. The predicted octanol–water partition coefficient (Wildman–Crippen LogP) is 3.09. The number of aromatic nitrogens is 1. The lowest BCUT2D eigenvalue weighted by atomic mass is 9.74. The van der Waals surface area contributed by atoms with Crippen molar-refractivity contribution in [3.05, 3.63) is 59.9 Å². The molecule has 2 fully saturated rings. The van der Waals surface area contributed by atoms with Crippen molar-refractivity contribution >= 4 is 5.91 Å². The summed E-state index contributed by atoms with van der Waals surface area (Å²) in [7, 11) is 1.89. The molecule has 1 aromatic heterocycles. The van der Waals surface area contributed by atoms with Gasteiger partial charge >= 0.3 is 0 Å². The second kappa shape index (κ2) is 8.72. The first-order valence-corrected chi connectivity index (χ1v) is 11.0. The molecule has 0 bridgehead atoms. The highest BCUT2D eigenvalue weighted by Gasteiger charge is 2.40. The molecule has 156 valence electrons. The molecule has 5 nitrogen and oxygen atoms in total. The number of hydrogen-bond acceptors (Lipinski definition) is 3. The van der Waals surface area contributed by atoms with Gasteiger partial charge in [0.15, 0.2) is 0 Å². The predicted molar refractivity (Wildman–Crippen MR) is 115 cm³/mol. The molecule has 29 heavy (non-hydrogen) atoms. The molecule has 2 N–H and O–H groups in total. The Labute approximate surface area is 173 Å². The summed E-state index contributed by atoms with van der Waals surface area (Å²) in [4.78, 5) is 15.3. The monoisotopic (exact) mass is 395 g/mol. The van der Waals surface area contributed by atoms with Crippen molar-refractivity contribution < 1.29 is 9.90 Å². The van der Waals surface area contributed by atoms with E-state index in [0.717, 1.165) is 38.8 Å². The molecule has 0 unspecified atom stereocenters. The molecule has 0 spiro atoms. The van der Waals surface area contributed by atoms with Gasteiger partial charge in [-0.3, -0.25) is 9.69 Å². The minimum absolute atomic E-state index is 0.0336. The number of aliphatic hydroxyl groups is 1. The van der Waals surface area contributed by atoms with E-state index >= 15 is 0 Å². The third kappa shape index (κ3) is 4.26. The maximum atomic E-state index is 12.8. The molecular weight excluding hydrogens is 362 g/mol. The zero-order valence-electron chi connectivity index (χ0n) is 17.4. The van der Waals surface area contributed by atoms with Gasteiger partial charge in [0, 0.05) is 31.2 Å². The third-order valence-corrected chi connectivity index (χ3v) is 7.04. The van der Waals surface area contributed by atoms with Crippen LogP contribution in [0.4, 0.5) is 0 Å².